The van der Waals surface area contributed by atoms with Crippen molar-refractivity contribution >= 4 is 17.8 Å². The van der Waals surface area contributed by atoms with E-state index in [1.54, 1.807) is 0 Å². The summed E-state index contributed by atoms with van der Waals surface area (Å²) in [6, 6.07) is 19.3. The number of hydrogen-bond acceptors (Lipinski definition) is 3. The van der Waals surface area contributed by atoms with E-state index in [4.69, 9.17) is 4.74 Å². The van der Waals surface area contributed by atoms with E-state index in [0.29, 0.717) is 0 Å². The van der Waals surface area contributed by atoms with Gasteiger partial charge in [-0.1, -0.05) is 72.8 Å². The summed E-state index contributed by atoms with van der Waals surface area (Å²) >= 11 is 0. The summed E-state index contributed by atoms with van der Waals surface area (Å²) in [6.45, 7) is 1.42. The van der Waals surface area contributed by atoms with Crippen LogP contribution in [0.3, 0.4) is 0 Å². The molecule has 0 heterocycles. The molecule has 0 saturated carbocycles. The van der Waals surface area contributed by atoms with E-state index in [9.17, 15) is 9.59 Å². The van der Waals surface area contributed by atoms with Crippen LogP contribution in [0.2, 0.25) is 0 Å². The number of hydrogen-bond donors (Lipinski definition) is 0. The predicted octanol–water partition coefficient (Wildman–Crippen LogP) is 3.86. The normalized spacial score (nSPS) is 13.5. The number of benzene rings is 2. The highest BCUT2D eigenvalue weighted by Crippen LogP contribution is 2.29. The maximum absolute atomic E-state index is 12.1. The average Bonchev–Trinajstić information content (AvgIpc) is 2.59. The highest BCUT2D eigenvalue weighted by molar-refractivity contribution is 5.99. The number of ketones is 1. The van der Waals surface area contributed by atoms with E-state index in [1.807, 2.05) is 72.8 Å². The van der Waals surface area contributed by atoms with Crippen LogP contribution in [-0.4, -0.2) is 18.9 Å². The molecule has 0 aromatic heterocycles. The first-order chi connectivity index (χ1) is 11.1. The van der Waals surface area contributed by atoms with E-state index in [2.05, 4.69) is 0 Å². The zero-order valence-corrected chi connectivity index (χ0v) is 13.3. The summed E-state index contributed by atoms with van der Waals surface area (Å²) in [5.74, 6) is -1.92. The Labute approximate surface area is 136 Å². The molecular weight excluding hydrogens is 288 g/mol. The second kappa shape index (κ2) is 8.08. The standard InChI is InChI=1S/C20H20O3/c1-15(21)19(20(22)23-2)18(17-11-7-4-8-12-17)14-13-16-9-5-3-6-10-16/h3-14,18-19H,1-2H3/b14-13+/t18-,19?/m0/s1. The minimum Gasteiger partial charge on any atom is -0.468 e. The lowest BCUT2D eigenvalue weighted by molar-refractivity contribution is -0.149. The molecule has 0 N–H and O–H groups in total. The molecule has 3 nitrogen and oxygen atoms in total. The third kappa shape index (κ3) is 4.39. The molecule has 0 aliphatic carbocycles. The van der Waals surface area contributed by atoms with Crippen molar-refractivity contribution in [3.63, 3.8) is 0 Å². The van der Waals surface area contributed by atoms with Gasteiger partial charge in [-0.15, -0.1) is 0 Å². The zero-order valence-electron chi connectivity index (χ0n) is 13.3. The van der Waals surface area contributed by atoms with Gasteiger partial charge in [-0.3, -0.25) is 9.59 Å². The first-order valence-electron chi connectivity index (χ1n) is 7.50. The molecule has 0 fully saturated rings. The van der Waals surface area contributed by atoms with Crippen molar-refractivity contribution in [2.45, 2.75) is 12.8 Å². The number of allylic oxidation sites excluding steroid dienone is 1. The van der Waals surface area contributed by atoms with Crippen LogP contribution in [0.25, 0.3) is 6.08 Å². The van der Waals surface area contributed by atoms with Crippen molar-refractivity contribution in [1.82, 2.24) is 0 Å². The maximum Gasteiger partial charge on any atom is 0.317 e. The zero-order chi connectivity index (χ0) is 16.7. The van der Waals surface area contributed by atoms with Crippen LogP contribution in [0.4, 0.5) is 0 Å². The first kappa shape index (κ1) is 16.7. The summed E-state index contributed by atoms with van der Waals surface area (Å²) < 4.78 is 4.83. The van der Waals surface area contributed by atoms with E-state index in [1.165, 1.54) is 14.0 Å². The average molecular weight is 308 g/mol. The van der Waals surface area contributed by atoms with Gasteiger partial charge in [0, 0.05) is 5.92 Å². The topological polar surface area (TPSA) is 43.4 Å². The lowest BCUT2D eigenvalue weighted by Gasteiger charge is -2.21. The van der Waals surface area contributed by atoms with Crippen molar-refractivity contribution in [2.24, 2.45) is 5.92 Å². The Balaban J connectivity index is 2.41. The molecule has 3 heteroatoms. The Morgan fingerprint density at radius 3 is 2.04 bits per heavy atom. The fourth-order valence-electron chi connectivity index (χ4n) is 2.56. The minimum absolute atomic E-state index is 0.205. The van der Waals surface area contributed by atoms with Crippen molar-refractivity contribution in [3.05, 3.63) is 77.9 Å². The maximum atomic E-state index is 12.1. The summed E-state index contributed by atoms with van der Waals surface area (Å²) in [5, 5.41) is 0. The summed E-state index contributed by atoms with van der Waals surface area (Å²) in [7, 11) is 1.31. The highest BCUT2D eigenvalue weighted by atomic mass is 16.5. The number of Topliss-reactive ketones (excluding diaryl/α,β-unsaturated/α-hetero) is 1. The highest BCUT2D eigenvalue weighted by Gasteiger charge is 2.32. The van der Waals surface area contributed by atoms with E-state index < -0.39 is 11.9 Å². The van der Waals surface area contributed by atoms with Crippen molar-refractivity contribution in [1.29, 1.82) is 0 Å². The van der Waals surface area contributed by atoms with Crippen LogP contribution in [0, 0.1) is 5.92 Å². The van der Waals surface area contributed by atoms with Gasteiger partial charge in [0.15, 0.2) is 0 Å². The fraction of sp³-hybridized carbons (Fsp3) is 0.200. The van der Waals surface area contributed by atoms with Crippen LogP contribution < -0.4 is 0 Å². The lowest BCUT2D eigenvalue weighted by atomic mass is 9.83. The number of carbonyl (C=O) groups excluding carboxylic acids is 2. The molecule has 23 heavy (non-hydrogen) atoms. The Kier molecular flexibility index (Phi) is 5.87. The molecule has 0 spiro atoms. The predicted molar refractivity (Wildman–Crippen MR) is 90.8 cm³/mol. The van der Waals surface area contributed by atoms with Gasteiger partial charge in [0.25, 0.3) is 0 Å². The largest absolute Gasteiger partial charge is 0.468 e. The van der Waals surface area contributed by atoms with Gasteiger partial charge in [-0.05, 0) is 18.1 Å². The Morgan fingerprint density at radius 1 is 0.957 bits per heavy atom. The van der Waals surface area contributed by atoms with Crippen molar-refractivity contribution < 1.29 is 14.3 Å². The van der Waals surface area contributed by atoms with Crippen LogP contribution in [0.1, 0.15) is 24.0 Å². The number of esters is 1. The SMILES string of the molecule is COC(=O)C(C(C)=O)[C@@H](/C=C/c1ccccc1)c1ccccc1. The van der Waals surface area contributed by atoms with Gasteiger partial charge >= 0.3 is 5.97 Å². The van der Waals surface area contributed by atoms with Gasteiger partial charge in [0.05, 0.1) is 7.11 Å². The molecule has 2 aromatic rings. The second-order valence-corrected chi connectivity index (χ2v) is 5.32. The van der Waals surface area contributed by atoms with Crippen LogP contribution in [0.5, 0.6) is 0 Å². The number of rotatable bonds is 6. The summed E-state index contributed by atoms with van der Waals surface area (Å²) in [6.07, 6.45) is 3.82. The molecule has 0 aliphatic rings. The number of carbonyl (C=O) groups is 2. The second-order valence-electron chi connectivity index (χ2n) is 5.32. The van der Waals surface area contributed by atoms with E-state index in [-0.39, 0.29) is 11.7 Å². The molecule has 0 aliphatic heterocycles. The van der Waals surface area contributed by atoms with E-state index >= 15 is 0 Å². The monoisotopic (exact) mass is 308 g/mol. The number of methoxy groups -OCH3 is 1. The van der Waals surface area contributed by atoms with Crippen molar-refractivity contribution in [3.8, 4) is 0 Å². The van der Waals surface area contributed by atoms with Gasteiger partial charge in [0.2, 0.25) is 0 Å². The quantitative estimate of drug-likeness (QED) is 0.601. The Hall–Kier alpha value is -2.68. The van der Waals surface area contributed by atoms with Crippen LogP contribution in [0.15, 0.2) is 66.7 Å². The fourth-order valence-corrected chi connectivity index (χ4v) is 2.56. The molecule has 0 bridgehead atoms. The molecule has 2 aromatic carbocycles. The molecule has 118 valence electrons. The first-order valence-corrected chi connectivity index (χ1v) is 7.50. The summed E-state index contributed by atoms with van der Waals surface area (Å²) in [5.41, 5.74) is 1.92. The Morgan fingerprint density at radius 2 is 1.52 bits per heavy atom. The third-order valence-corrected chi connectivity index (χ3v) is 3.73. The molecule has 2 rings (SSSR count). The minimum atomic E-state index is -0.845. The lowest BCUT2D eigenvalue weighted by Crippen LogP contribution is -2.29. The van der Waals surface area contributed by atoms with E-state index in [0.717, 1.165) is 11.1 Å². The summed E-state index contributed by atoms with van der Waals surface area (Å²) in [4.78, 5) is 24.1. The Bertz CT molecular complexity index is 675. The van der Waals surface area contributed by atoms with Gasteiger partial charge in [-0.25, -0.2) is 0 Å². The van der Waals surface area contributed by atoms with Gasteiger partial charge in [-0.2, -0.15) is 0 Å². The third-order valence-electron chi connectivity index (χ3n) is 3.73. The van der Waals surface area contributed by atoms with Crippen LogP contribution in [-0.2, 0) is 14.3 Å². The molecule has 0 saturated heterocycles. The molecule has 2 atom stereocenters. The van der Waals surface area contributed by atoms with Gasteiger partial charge in [0.1, 0.15) is 11.7 Å². The van der Waals surface area contributed by atoms with Crippen LogP contribution >= 0.6 is 0 Å². The van der Waals surface area contributed by atoms with Gasteiger partial charge < -0.3 is 4.74 Å². The number of ether oxygens (including phenoxy) is 1. The molecule has 1 unspecified atom stereocenters. The molecule has 0 amide bonds. The molecule has 0 radical (unpaired) electrons. The molecular formula is C20H20O3. The van der Waals surface area contributed by atoms with Crippen molar-refractivity contribution in [2.75, 3.05) is 7.11 Å². The smallest absolute Gasteiger partial charge is 0.317 e.